The van der Waals surface area contributed by atoms with Crippen LogP contribution < -0.4 is 16.0 Å². The highest BCUT2D eigenvalue weighted by molar-refractivity contribution is 5.85. The summed E-state index contributed by atoms with van der Waals surface area (Å²) in [4.78, 5) is 17.3. The van der Waals surface area contributed by atoms with E-state index in [0.717, 1.165) is 11.3 Å². The third kappa shape index (κ3) is 6.13. The zero-order chi connectivity index (χ0) is 20.8. The highest BCUT2D eigenvalue weighted by atomic mass is 35.5. The molecule has 3 aromatic heterocycles. The lowest BCUT2D eigenvalue weighted by Gasteiger charge is -2.16. The summed E-state index contributed by atoms with van der Waals surface area (Å²) in [6.07, 6.45) is 6.41. The Kier molecular flexibility index (Phi) is 7.34. The Hall–Kier alpha value is -3.72. The Morgan fingerprint density at radius 3 is 2.55 bits per heavy atom. The number of nitrogens with zero attached hydrogens (tertiary/aromatic N) is 4. The predicted molar refractivity (Wildman–Crippen MR) is 119 cm³/mol. The van der Waals surface area contributed by atoms with Gasteiger partial charge in [0, 0.05) is 18.5 Å². The molecule has 0 aliphatic rings. The number of hydrogen-bond donors (Lipinski definition) is 3. The van der Waals surface area contributed by atoms with Crippen LogP contribution in [0.2, 0.25) is 0 Å². The zero-order valence-electron chi connectivity index (χ0n) is 16.6. The smallest absolute Gasteiger partial charge is 0.227 e. The van der Waals surface area contributed by atoms with Crippen molar-refractivity contribution < 1.29 is 8.81 Å². The number of aromatic nitrogens is 4. The first-order chi connectivity index (χ1) is 14.7. The van der Waals surface area contributed by atoms with Crippen LogP contribution in [0.5, 0.6) is 0 Å². The maximum absolute atomic E-state index is 13.2. The molecule has 4 aromatic rings. The van der Waals surface area contributed by atoms with Gasteiger partial charge < -0.3 is 20.4 Å². The van der Waals surface area contributed by atoms with E-state index in [2.05, 4.69) is 35.9 Å². The monoisotopic (exact) mass is 441 g/mol. The lowest BCUT2D eigenvalue weighted by molar-refractivity contribution is 0.518. The molecule has 1 atom stereocenters. The van der Waals surface area contributed by atoms with Crippen molar-refractivity contribution in [2.75, 3.05) is 16.0 Å². The Balaban J connectivity index is 0.00000272. The van der Waals surface area contributed by atoms with Gasteiger partial charge in [-0.25, -0.2) is 9.37 Å². The minimum atomic E-state index is -0.276. The summed E-state index contributed by atoms with van der Waals surface area (Å²) in [5.74, 6) is 2.62. The molecule has 0 amide bonds. The average molecular weight is 442 g/mol. The zero-order valence-corrected chi connectivity index (χ0v) is 17.4. The minimum Gasteiger partial charge on any atom is -0.467 e. The van der Waals surface area contributed by atoms with E-state index in [-0.39, 0.29) is 24.3 Å². The molecular weight excluding hydrogens is 421 g/mol. The lowest BCUT2D eigenvalue weighted by Crippen LogP contribution is -2.12. The van der Waals surface area contributed by atoms with E-state index in [1.807, 2.05) is 19.1 Å². The predicted octanol–water partition coefficient (Wildman–Crippen LogP) is 4.95. The van der Waals surface area contributed by atoms with Crippen LogP contribution in [0.3, 0.4) is 0 Å². The van der Waals surface area contributed by atoms with E-state index in [1.54, 1.807) is 43.1 Å². The van der Waals surface area contributed by atoms with Crippen molar-refractivity contribution in [3.05, 3.63) is 84.5 Å². The van der Waals surface area contributed by atoms with Gasteiger partial charge in [0.25, 0.3) is 0 Å². The van der Waals surface area contributed by atoms with E-state index in [9.17, 15) is 4.39 Å². The lowest BCUT2D eigenvalue weighted by atomic mass is 10.1. The van der Waals surface area contributed by atoms with Gasteiger partial charge >= 0.3 is 0 Å². The van der Waals surface area contributed by atoms with Crippen LogP contribution >= 0.6 is 12.4 Å². The molecule has 4 rings (SSSR count). The van der Waals surface area contributed by atoms with Crippen molar-refractivity contribution in [1.82, 2.24) is 19.9 Å². The second-order valence-corrected chi connectivity index (χ2v) is 6.53. The molecule has 1 aromatic carbocycles. The Bertz CT molecular complexity index is 1080. The van der Waals surface area contributed by atoms with Gasteiger partial charge in [-0.1, -0.05) is 12.1 Å². The van der Waals surface area contributed by atoms with Crippen LogP contribution in [0.25, 0.3) is 0 Å². The third-order valence-corrected chi connectivity index (χ3v) is 4.28. The number of rotatable bonds is 8. The summed E-state index contributed by atoms with van der Waals surface area (Å²) in [6.45, 7) is 2.43. The maximum atomic E-state index is 13.2. The number of furan rings is 1. The molecule has 0 spiro atoms. The fourth-order valence-corrected chi connectivity index (χ4v) is 2.78. The van der Waals surface area contributed by atoms with Crippen LogP contribution in [-0.4, -0.2) is 19.9 Å². The molecule has 0 aliphatic heterocycles. The Morgan fingerprint density at radius 2 is 1.84 bits per heavy atom. The largest absolute Gasteiger partial charge is 0.467 e. The first-order valence-electron chi connectivity index (χ1n) is 9.36. The first kappa shape index (κ1) is 22.0. The van der Waals surface area contributed by atoms with Gasteiger partial charge in [0.1, 0.15) is 29.0 Å². The second kappa shape index (κ2) is 10.4. The highest BCUT2D eigenvalue weighted by Gasteiger charge is 2.11. The molecule has 31 heavy (non-hydrogen) atoms. The molecule has 3 N–H and O–H groups in total. The van der Waals surface area contributed by atoms with Gasteiger partial charge in [-0.05, 0) is 36.8 Å². The molecule has 0 saturated heterocycles. The van der Waals surface area contributed by atoms with Crippen LogP contribution in [0.1, 0.15) is 24.3 Å². The van der Waals surface area contributed by atoms with E-state index < -0.39 is 0 Å². The molecule has 8 nitrogen and oxygen atoms in total. The summed E-state index contributed by atoms with van der Waals surface area (Å²) in [7, 11) is 0. The van der Waals surface area contributed by atoms with Gasteiger partial charge in [-0.3, -0.25) is 4.98 Å². The number of benzene rings is 1. The molecule has 0 bridgehead atoms. The normalized spacial score (nSPS) is 11.3. The van der Waals surface area contributed by atoms with Gasteiger partial charge in [-0.2, -0.15) is 9.97 Å². The Labute approximate surface area is 184 Å². The van der Waals surface area contributed by atoms with Crippen molar-refractivity contribution in [2.45, 2.75) is 19.5 Å². The molecule has 160 valence electrons. The Morgan fingerprint density at radius 1 is 1.03 bits per heavy atom. The van der Waals surface area contributed by atoms with Crippen molar-refractivity contribution in [3.8, 4) is 0 Å². The number of anilines is 4. The maximum Gasteiger partial charge on any atom is 0.227 e. The molecule has 0 unspecified atom stereocenters. The molecule has 0 aliphatic carbocycles. The summed E-state index contributed by atoms with van der Waals surface area (Å²) >= 11 is 0. The number of hydrogen-bond acceptors (Lipinski definition) is 8. The topological polar surface area (TPSA) is 101 Å². The van der Waals surface area contributed by atoms with Crippen LogP contribution in [0.15, 0.2) is 71.7 Å². The second-order valence-electron chi connectivity index (χ2n) is 6.53. The number of nitrogens with one attached hydrogen (secondary N) is 3. The van der Waals surface area contributed by atoms with Crippen LogP contribution in [0, 0.1) is 5.82 Å². The highest BCUT2D eigenvalue weighted by Crippen LogP contribution is 2.22. The van der Waals surface area contributed by atoms with Gasteiger partial charge in [-0.15, -0.1) is 12.4 Å². The van der Waals surface area contributed by atoms with E-state index in [4.69, 9.17) is 4.42 Å². The number of halogens is 2. The average Bonchev–Trinajstić information content (AvgIpc) is 3.27. The van der Waals surface area contributed by atoms with Gasteiger partial charge in [0.15, 0.2) is 0 Å². The van der Waals surface area contributed by atoms with E-state index in [0.29, 0.717) is 29.9 Å². The molecule has 0 saturated carbocycles. The van der Waals surface area contributed by atoms with Gasteiger partial charge in [0.05, 0.1) is 25.0 Å². The summed E-state index contributed by atoms with van der Waals surface area (Å²) in [5.41, 5.74) is 0.914. The van der Waals surface area contributed by atoms with Crippen molar-refractivity contribution in [1.29, 1.82) is 0 Å². The third-order valence-electron chi connectivity index (χ3n) is 4.28. The van der Waals surface area contributed by atoms with Gasteiger partial charge in [0.2, 0.25) is 5.95 Å². The van der Waals surface area contributed by atoms with Crippen LogP contribution in [-0.2, 0) is 6.54 Å². The van der Waals surface area contributed by atoms with Crippen molar-refractivity contribution in [3.63, 3.8) is 0 Å². The standard InChI is InChI=1S/C21H20FN7O.ClH/c1-14(15-4-6-16(22)7-5-15)26-21-28-18(25-12-17-3-2-10-30-17)11-19(29-21)27-20-13-23-8-9-24-20;/h2-11,13-14H,12H2,1H3,(H3,24,25,26,27,28,29);1H/t14-;/m0./s1. The molecule has 0 radical (unpaired) electrons. The van der Waals surface area contributed by atoms with Crippen LogP contribution in [0.4, 0.5) is 27.8 Å². The quantitative estimate of drug-likeness (QED) is 0.353. The SMILES string of the molecule is C[C@H](Nc1nc(NCc2ccco2)cc(Nc2cnccn2)n1)c1ccc(F)cc1.Cl. The summed E-state index contributed by atoms with van der Waals surface area (Å²) in [6, 6.07) is 11.7. The minimum absolute atomic E-state index is 0. The van der Waals surface area contributed by atoms with E-state index >= 15 is 0 Å². The fourth-order valence-electron chi connectivity index (χ4n) is 2.78. The molecular formula is C21H21ClFN7O. The van der Waals surface area contributed by atoms with E-state index in [1.165, 1.54) is 12.1 Å². The summed E-state index contributed by atoms with van der Waals surface area (Å²) < 4.78 is 18.6. The van der Waals surface area contributed by atoms with Crippen molar-refractivity contribution in [2.24, 2.45) is 0 Å². The first-order valence-corrected chi connectivity index (χ1v) is 9.36. The molecule has 3 heterocycles. The van der Waals surface area contributed by atoms with Crippen molar-refractivity contribution >= 4 is 35.8 Å². The molecule has 10 heteroatoms. The summed E-state index contributed by atoms with van der Waals surface area (Å²) in [5, 5.41) is 9.60. The fraction of sp³-hybridized carbons (Fsp3) is 0.143. The molecule has 0 fully saturated rings.